The molecule has 32 heavy (non-hydrogen) atoms. The van der Waals surface area contributed by atoms with Crippen LogP contribution >= 0.6 is 11.6 Å². The minimum Gasteiger partial charge on any atom is -0.493 e. The second-order valence-corrected chi connectivity index (χ2v) is 7.63. The number of amides is 2. The van der Waals surface area contributed by atoms with Gasteiger partial charge in [-0.15, -0.1) is 0 Å². The molecule has 3 aromatic rings. The van der Waals surface area contributed by atoms with Gasteiger partial charge in [-0.2, -0.15) is 5.10 Å². The van der Waals surface area contributed by atoms with Crippen LogP contribution in [0.3, 0.4) is 0 Å². The van der Waals surface area contributed by atoms with E-state index in [9.17, 15) is 9.59 Å². The van der Waals surface area contributed by atoms with Crippen molar-refractivity contribution in [3.05, 3.63) is 70.5 Å². The zero-order chi connectivity index (χ0) is 23.3. The van der Waals surface area contributed by atoms with E-state index in [1.54, 1.807) is 35.0 Å². The Kier molecular flexibility index (Phi) is 7.37. The average Bonchev–Trinajstić information content (AvgIpc) is 3.21. The highest BCUT2D eigenvalue weighted by atomic mass is 35.5. The number of carbonyl (C=O) groups is 2. The molecule has 2 amide bonds. The largest absolute Gasteiger partial charge is 0.493 e. The Morgan fingerprint density at radius 2 is 1.84 bits per heavy atom. The van der Waals surface area contributed by atoms with Crippen molar-refractivity contribution in [1.29, 1.82) is 0 Å². The van der Waals surface area contributed by atoms with E-state index < -0.39 is 11.8 Å². The van der Waals surface area contributed by atoms with Crippen LogP contribution in [-0.4, -0.2) is 34.8 Å². The first kappa shape index (κ1) is 23.1. The zero-order valence-corrected chi connectivity index (χ0v) is 19.1. The quantitative estimate of drug-likeness (QED) is 0.525. The summed E-state index contributed by atoms with van der Waals surface area (Å²) in [5.41, 5.74) is 6.96. The summed E-state index contributed by atoms with van der Waals surface area (Å²) in [5, 5.41) is 4.88. The van der Waals surface area contributed by atoms with E-state index in [0.29, 0.717) is 39.8 Å². The van der Waals surface area contributed by atoms with Gasteiger partial charge in [0.05, 0.1) is 36.4 Å². The lowest BCUT2D eigenvalue weighted by atomic mass is 10.2. The van der Waals surface area contributed by atoms with E-state index in [-0.39, 0.29) is 6.10 Å². The summed E-state index contributed by atoms with van der Waals surface area (Å²) in [7, 11) is 1.50. The molecule has 8 nitrogen and oxygen atoms in total. The number of methoxy groups -OCH3 is 1. The topological polar surface area (TPSA) is 94.5 Å². The first-order valence-corrected chi connectivity index (χ1v) is 10.5. The fourth-order valence-electron chi connectivity index (χ4n) is 3.15. The van der Waals surface area contributed by atoms with Crippen molar-refractivity contribution in [2.45, 2.75) is 33.3 Å². The maximum absolute atomic E-state index is 12.7. The molecule has 0 bridgehead atoms. The van der Waals surface area contributed by atoms with Crippen LogP contribution in [0.15, 0.2) is 48.7 Å². The predicted octanol–water partition coefficient (Wildman–Crippen LogP) is 3.96. The molecule has 0 saturated carbocycles. The Morgan fingerprint density at radius 3 is 2.50 bits per heavy atom. The smallest absolute Gasteiger partial charge is 0.273 e. The SMILES string of the molecule is CCc1c(C(=O)NNC(=O)c2ccc(OC(C)C)c(OC)c2)cnn1-c1cccc(Cl)c1. The molecule has 0 saturated heterocycles. The van der Waals surface area contributed by atoms with Gasteiger partial charge in [-0.25, -0.2) is 4.68 Å². The maximum Gasteiger partial charge on any atom is 0.273 e. The number of nitrogens with one attached hydrogen (secondary N) is 2. The molecule has 0 fully saturated rings. The molecular formula is C23H25ClN4O4. The average molecular weight is 457 g/mol. The molecule has 168 valence electrons. The van der Waals surface area contributed by atoms with Crippen LogP contribution in [-0.2, 0) is 6.42 Å². The van der Waals surface area contributed by atoms with Gasteiger partial charge in [-0.1, -0.05) is 24.6 Å². The third-order valence-corrected chi connectivity index (χ3v) is 4.81. The van der Waals surface area contributed by atoms with E-state index in [1.807, 2.05) is 32.9 Å². The number of halogens is 1. The predicted molar refractivity (Wildman–Crippen MR) is 122 cm³/mol. The van der Waals surface area contributed by atoms with Crippen molar-refractivity contribution < 1.29 is 19.1 Å². The van der Waals surface area contributed by atoms with E-state index in [2.05, 4.69) is 16.0 Å². The second kappa shape index (κ2) is 10.2. The molecular weight excluding hydrogens is 432 g/mol. The van der Waals surface area contributed by atoms with Crippen molar-refractivity contribution in [2.24, 2.45) is 0 Å². The van der Waals surface area contributed by atoms with Crippen molar-refractivity contribution >= 4 is 23.4 Å². The number of aromatic nitrogens is 2. The number of benzene rings is 2. The van der Waals surface area contributed by atoms with Gasteiger partial charge in [0.1, 0.15) is 0 Å². The minimum absolute atomic E-state index is 0.0385. The van der Waals surface area contributed by atoms with Gasteiger partial charge < -0.3 is 9.47 Å². The van der Waals surface area contributed by atoms with Gasteiger partial charge >= 0.3 is 0 Å². The summed E-state index contributed by atoms with van der Waals surface area (Å²) in [6.07, 6.45) is 1.98. The highest BCUT2D eigenvalue weighted by Crippen LogP contribution is 2.29. The number of nitrogens with zero attached hydrogens (tertiary/aromatic N) is 2. The molecule has 0 spiro atoms. The molecule has 0 atom stereocenters. The highest BCUT2D eigenvalue weighted by Gasteiger charge is 2.19. The van der Waals surface area contributed by atoms with Crippen LogP contribution in [0, 0.1) is 0 Å². The fourth-order valence-corrected chi connectivity index (χ4v) is 3.33. The molecule has 0 unspecified atom stereocenters. The van der Waals surface area contributed by atoms with E-state index >= 15 is 0 Å². The third-order valence-electron chi connectivity index (χ3n) is 4.58. The first-order chi connectivity index (χ1) is 15.3. The monoisotopic (exact) mass is 456 g/mol. The van der Waals surface area contributed by atoms with Gasteiger partial charge in [-0.3, -0.25) is 20.4 Å². The van der Waals surface area contributed by atoms with Crippen molar-refractivity contribution in [3.63, 3.8) is 0 Å². The normalized spacial score (nSPS) is 10.7. The Hall–Kier alpha value is -3.52. The molecule has 0 aliphatic carbocycles. The molecule has 1 aromatic heterocycles. The van der Waals surface area contributed by atoms with Crippen LogP contribution in [0.4, 0.5) is 0 Å². The zero-order valence-electron chi connectivity index (χ0n) is 18.3. The number of hydrazine groups is 1. The number of rotatable bonds is 7. The van der Waals surface area contributed by atoms with Gasteiger partial charge in [0, 0.05) is 10.6 Å². The van der Waals surface area contributed by atoms with Crippen LogP contribution in [0.25, 0.3) is 5.69 Å². The molecule has 3 rings (SSSR count). The Bertz CT molecular complexity index is 1130. The summed E-state index contributed by atoms with van der Waals surface area (Å²) in [6.45, 7) is 5.71. The highest BCUT2D eigenvalue weighted by molar-refractivity contribution is 6.30. The molecule has 1 heterocycles. The van der Waals surface area contributed by atoms with Crippen LogP contribution in [0.5, 0.6) is 11.5 Å². The number of carbonyl (C=O) groups excluding carboxylic acids is 2. The first-order valence-electron chi connectivity index (χ1n) is 10.1. The molecule has 2 N–H and O–H groups in total. The Balaban J connectivity index is 1.73. The molecule has 0 aliphatic heterocycles. The molecule has 2 aromatic carbocycles. The van der Waals surface area contributed by atoms with Gasteiger partial charge in [0.2, 0.25) is 0 Å². The van der Waals surface area contributed by atoms with Gasteiger partial charge in [-0.05, 0) is 56.7 Å². The maximum atomic E-state index is 12.7. The van der Waals surface area contributed by atoms with Crippen LogP contribution in [0.1, 0.15) is 47.2 Å². The third kappa shape index (κ3) is 5.20. The summed E-state index contributed by atoms with van der Waals surface area (Å²) >= 11 is 6.07. The summed E-state index contributed by atoms with van der Waals surface area (Å²) in [4.78, 5) is 25.3. The lowest BCUT2D eigenvalue weighted by Crippen LogP contribution is -2.41. The second-order valence-electron chi connectivity index (χ2n) is 7.19. The Labute approximate surface area is 191 Å². The van der Waals surface area contributed by atoms with Crippen LogP contribution in [0.2, 0.25) is 5.02 Å². The number of hydrogen-bond acceptors (Lipinski definition) is 5. The van der Waals surface area contributed by atoms with Crippen molar-refractivity contribution in [1.82, 2.24) is 20.6 Å². The lowest BCUT2D eigenvalue weighted by Gasteiger charge is -2.14. The minimum atomic E-state index is -0.493. The van der Waals surface area contributed by atoms with Gasteiger partial charge in [0.25, 0.3) is 11.8 Å². The van der Waals surface area contributed by atoms with Crippen molar-refractivity contribution in [3.8, 4) is 17.2 Å². The summed E-state index contributed by atoms with van der Waals surface area (Å²) in [5.74, 6) is -0.0129. The lowest BCUT2D eigenvalue weighted by molar-refractivity contribution is 0.0846. The summed E-state index contributed by atoms with van der Waals surface area (Å²) in [6, 6.07) is 12.0. The molecule has 0 radical (unpaired) electrons. The number of ether oxygens (including phenoxy) is 2. The standard InChI is InChI=1S/C23H25ClN4O4/c1-5-19-18(13-25-28(19)17-8-6-7-16(24)12-17)23(30)27-26-22(29)15-9-10-20(32-14(2)3)21(11-15)31-4/h6-14H,5H2,1-4H3,(H,26,29)(H,27,30). The van der Waals surface area contributed by atoms with Crippen molar-refractivity contribution in [2.75, 3.05) is 7.11 Å². The Morgan fingerprint density at radius 1 is 1.09 bits per heavy atom. The summed E-state index contributed by atoms with van der Waals surface area (Å²) < 4.78 is 12.6. The molecule has 9 heteroatoms. The van der Waals surface area contributed by atoms with E-state index in [0.717, 1.165) is 5.69 Å². The van der Waals surface area contributed by atoms with Gasteiger partial charge in [0.15, 0.2) is 11.5 Å². The number of hydrogen-bond donors (Lipinski definition) is 2. The van der Waals surface area contributed by atoms with E-state index in [1.165, 1.54) is 13.3 Å². The molecule has 0 aliphatic rings. The van der Waals surface area contributed by atoms with E-state index in [4.69, 9.17) is 21.1 Å². The fraction of sp³-hybridized carbons (Fsp3) is 0.261. The van der Waals surface area contributed by atoms with Crippen LogP contribution < -0.4 is 20.3 Å².